The third kappa shape index (κ3) is 3.16. The third-order valence-electron chi connectivity index (χ3n) is 6.01. The average molecular weight is 316 g/mol. The van der Waals surface area contributed by atoms with Gasteiger partial charge in [0.2, 0.25) is 5.95 Å². The average Bonchev–Trinajstić information content (AvgIpc) is 3.07. The summed E-state index contributed by atoms with van der Waals surface area (Å²) in [5.74, 6) is 1.84. The van der Waals surface area contributed by atoms with Crippen molar-refractivity contribution >= 4 is 11.8 Å². The molecule has 0 unspecified atom stereocenters. The monoisotopic (exact) mass is 316 g/mol. The Morgan fingerprint density at radius 2 is 1.83 bits per heavy atom. The van der Waals surface area contributed by atoms with Crippen LogP contribution in [0.3, 0.4) is 0 Å². The van der Waals surface area contributed by atoms with Gasteiger partial charge >= 0.3 is 0 Å². The van der Waals surface area contributed by atoms with Crippen LogP contribution in [0.15, 0.2) is 12.3 Å². The van der Waals surface area contributed by atoms with Gasteiger partial charge in [-0.2, -0.15) is 4.98 Å². The highest BCUT2D eigenvalue weighted by Gasteiger charge is 2.42. The minimum atomic E-state index is 0.530. The van der Waals surface area contributed by atoms with E-state index in [0.29, 0.717) is 11.5 Å². The van der Waals surface area contributed by atoms with Crippen molar-refractivity contribution in [3.8, 4) is 0 Å². The molecule has 126 valence electrons. The molecule has 2 heterocycles. The lowest BCUT2D eigenvalue weighted by Crippen LogP contribution is -2.42. The van der Waals surface area contributed by atoms with Crippen molar-refractivity contribution in [2.45, 2.75) is 57.4 Å². The van der Waals surface area contributed by atoms with Crippen molar-refractivity contribution in [2.75, 3.05) is 36.5 Å². The summed E-state index contributed by atoms with van der Waals surface area (Å²) in [6.45, 7) is 3.31. The zero-order valence-corrected chi connectivity index (χ0v) is 14.0. The van der Waals surface area contributed by atoms with Gasteiger partial charge in [-0.15, -0.1) is 0 Å². The molecule has 2 saturated carbocycles. The van der Waals surface area contributed by atoms with E-state index in [1.54, 1.807) is 0 Å². The van der Waals surface area contributed by atoms with Crippen molar-refractivity contribution in [3.05, 3.63) is 12.3 Å². The molecule has 1 aromatic heterocycles. The molecule has 0 amide bonds. The minimum absolute atomic E-state index is 0.530. The van der Waals surface area contributed by atoms with Gasteiger partial charge in [-0.25, -0.2) is 4.98 Å². The van der Waals surface area contributed by atoms with Gasteiger partial charge in [-0.05, 0) is 37.2 Å². The molecule has 5 nitrogen and oxygen atoms in total. The van der Waals surface area contributed by atoms with E-state index in [-0.39, 0.29) is 0 Å². The molecule has 5 heteroatoms. The standard InChI is InChI=1S/C18H28N4O/c1-2-7-18(8-3-4-9-18)15(5-1)20-16-6-10-19-17(21-16)22-11-13-23-14-12-22/h6,10,15H,1-5,7-9,11-14H2,(H,19,20,21)/t15-/m0/s1. The summed E-state index contributed by atoms with van der Waals surface area (Å²) in [5.41, 5.74) is 0.530. The van der Waals surface area contributed by atoms with E-state index in [0.717, 1.165) is 38.1 Å². The largest absolute Gasteiger partial charge is 0.378 e. The van der Waals surface area contributed by atoms with E-state index in [4.69, 9.17) is 9.72 Å². The summed E-state index contributed by atoms with van der Waals surface area (Å²) in [6, 6.07) is 2.62. The maximum absolute atomic E-state index is 5.42. The van der Waals surface area contributed by atoms with Crippen molar-refractivity contribution in [2.24, 2.45) is 5.41 Å². The lowest BCUT2D eigenvalue weighted by molar-refractivity contribution is 0.122. The van der Waals surface area contributed by atoms with Crippen LogP contribution < -0.4 is 10.2 Å². The first kappa shape index (κ1) is 15.2. The second-order valence-electron chi connectivity index (χ2n) is 7.35. The normalized spacial score (nSPS) is 27.3. The van der Waals surface area contributed by atoms with Gasteiger partial charge in [-0.1, -0.05) is 25.7 Å². The Kier molecular flexibility index (Phi) is 4.38. The van der Waals surface area contributed by atoms with Gasteiger partial charge < -0.3 is 15.0 Å². The molecule has 1 aliphatic heterocycles. The second kappa shape index (κ2) is 6.63. The molecule has 3 aliphatic rings. The van der Waals surface area contributed by atoms with Crippen LogP contribution in [0.4, 0.5) is 11.8 Å². The summed E-state index contributed by atoms with van der Waals surface area (Å²) in [5, 5.41) is 3.78. The number of morpholine rings is 1. The summed E-state index contributed by atoms with van der Waals surface area (Å²) in [6.07, 6.45) is 12.9. The Hall–Kier alpha value is -1.36. The fourth-order valence-electron chi connectivity index (χ4n) is 4.73. The van der Waals surface area contributed by atoms with Crippen LogP contribution in [-0.2, 0) is 4.74 Å². The first-order valence-corrected chi connectivity index (χ1v) is 9.28. The molecule has 2 aliphatic carbocycles. The number of nitrogens with zero attached hydrogens (tertiary/aromatic N) is 3. The smallest absolute Gasteiger partial charge is 0.227 e. The van der Waals surface area contributed by atoms with Crippen molar-refractivity contribution in [3.63, 3.8) is 0 Å². The van der Waals surface area contributed by atoms with Gasteiger partial charge in [0, 0.05) is 25.3 Å². The topological polar surface area (TPSA) is 50.3 Å². The minimum Gasteiger partial charge on any atom is -0.378 e. The molecule has 1 atom stereocenters. The van der Waals surface area contributed by atoms with Crippen molar-refractivity contribution in [1.82, 2.24) is 9.97 Å². The summed E-state index contributed by atoms with van der Waals surface area (Å²) >= 11 is 0. The van der Waals surface area contributed by atoms with Crippen LogP contribution >= 0.6 is 0 Å². The zero-order valence-electron chi connectivity index (χ0n) is 14.0. The van der Waals surface area contributed by atoms with Crippen LogP contribution in [0, 0.1) is 5.41 Å². The van der Waals surface area contributed by atoms with E-state index in [1.165, 1.54) is 51.4 Å². The van der Waals surface area contributed by atoms with E-state index in [9.17, 15) is 0 Å². The highest BCUT2D eigenvalue weighted by molar-refractivity contribution is 5.42. The summed E-state index contributed by atoms with van der Waals surface area (Å²) < 4.78 is 5.42. The van der Waals surface area contributed by atoms with Crippen molar-refractivity contribution in [1.29, 1.82) is 0 Å². The molecule has 0 radical (unpaired) electrons. The van der Waals surface area contributed by atoms with Crippen LogP contribution in [0.25, 0.3) is 0 Å². The van der Waals surface area contributed by atoms with Crippen molar-refractivity contribution < 1.29 is 4.74 Å². The highest BCUT2D eigenvalue weighted by Crippen LogP contribution is 2.49. The maximum Gasteiger partial charge on any atom is 0.227 e. The molecule has 4 rings (SSSR count). The molecule has 3 fully saturated rings. The Bertz CT molecular complexity index is 524. The van der Waals surface area contributed by atoms with E-state index in [2.05, 4.69) is 15.2 Å². The zero-order chi connectivity index (χ0) is 15.5. The fraction of sp³-hybridized carbons (Fsp3) is 0.778. The Balaban J connectivity index is 1.49. The molecule has 1 N–H and O–H groups in total. The van der Waals surface area contributed by atoms with Crippen LogP contribution in [0.2, 0.25) is 0 Å². The molecule has 0 bridgehead atoms. The predicted molar refractivity (Wildman–Crippen MR) is 91.8 cm³/mol. The number of anilines is 2. The lowest BCUT2D eigenvalue weighted by atomic mass is 9.69. The Morgan fingerprint density at radius 3 is 2.61 bits per heavy atom. The Morgan fingerprint density at radius 1 is 1.09 bits per heavy atom. The quantitative estimate of drug-likeness (QED) is 0.928. The SMILES string of the molecule is c1cc(N[C@H]2CCCCC23CCCC3)nc(N2CCOCC2)n1. The van der Waals surface area contributed by atoms with Gasteiger partial charge in [-0.3, -0.25) is 0 Å². The number of nitrogens with one attached hydrogen (secondary N) is 1. The fourth-order valence-corrected chi connectivity index (χ4v) is 4.73. The van der Waals surface area contributed by atoms with Gasteiger partial charge in [0.15, 0.2) is 0 Å². The number of hydrogen-bond acceptors (Lipinski definition) is 5. The number of hydrogen-bond donors (Lipinski definition) is 1. The second-order valence-corrected chi connectivity index (χ2v) is 7.35. The molecule has 1 saturated heterocycles. The third-order valence-corrected chi connectivity index (χ3v) is 6.01. The number of ether oxygens (including phenoxy) is 1. The van der Waals surface area contributed by atoms with E-state index < -0.39 is 0 Å². The molecular formula is C18H28N4O. The summed E-state index contributed by atoms with van der Waals surface area (Å²) in [7, 11) is 0. The molecule has 1 spiro atoms. The van der Waals surface area contributed by atoms with Crippen LogP contribution in [0.5, 0.6) is 0 Å². The molecular weight excluding hydrogens is 288 g/mol. The highest BCUT2D eigenvalue weighted by atomic mass is 16.5. The van der Waals surface area contributed by atoms with Gasteiger partial charge in [0.25, 0.3) is 0 Å². The first-order chi connectivity index (χ1) is 11.4. The van der Waals surface area contributed by atoms with E-state index in [1.807, 2.05) is 12.3 Å². The lowest BCUT2D eigenvalue weighted by Gasteiger charge is -2.42. The van der Waals surface area contributed by atoms with E-state index >= 15 is 0 Å². The van der Waals surface area contributed by atoms with Gasteiger partial charge in [0.1, 0.15) is 5.82 Å². The van der Waals surface area contributed by atoms with Crippen LogP contribution in [-0.4, -0.2) is 42.3 Å². The molecule has 1 aromatic rings. The number of aromatic nitrogens is 2. The number of rotatable bonds is 3. The van der Waals surface area contributed by atoms with Crippen LogP contribution in [0.1, 0.15) is 51.4 Å². The Labute approximate surface area is 138 Å². The summed E-state index contributed by atoms with van der Waals surface area (Å²) in [4.78, 5) is 11.5. The molecule has 0 aromatic carbocycles. The predicted octanol–water partition coefficient (Wildman–Crippen LogP) is 3.23. The first-order valence-electron chi connectivity index (χ1n) is 9.28. The molecule has 23 heavy (non-hydrogen) atoms. The van der Waals surface area contributed by atoms with Gasteiger partial charge in [0.05, 0.1) is 13.2 Å². The maximum atomic E-state index is 5.42.